The van der Waals surface area contributed by atoms with Gasteiger partial charge in [-0.25, -0.2) is 19.2 Å². The molecule has 2 fully saturated rings. The van der Waals surface area contributed by atoms with Gasteiger partial charge in [0, 0.05) is 66.9 Å². The molecular formula is C52H50Cl2FIN6O9S. The number of nitrogens with zero attached hydrogens (tertiary/aromatic N) is 6. The molecule has 20 heteroatoms. The minimum atomic E-state index is -1.44. The van der Waals surface area contributed by atoms with E-state index in [0.717, 1.165) is 36.6 Å². The van der Waals surface area contributed by atoms with Gasteiger partial charge in [-0.1, -0.05) is 35.3 Å². The number of benzene rings is 4. The zero-order valence-corrected chi connectivity index (χ0v) is 44.0. The molecule has 4 bridgehead atoms. The Kier molecular flexibility index (Phi) is 15.6. The van der Waals surface area contributed by atoms with E-state index in [2.05, 4.69) is 21.8 Å². The summed E-state index contributed by atoms with van der Waals surface area (Å²) in [6, 6.07) is 20.7. The van der Waals surface area contributed by atoms with E-state index in [-0.39, 0.29) is 37.5 Å². The van der Waals surface area contributed by atoms with Gasteiger partial charge in [-0.2, -0.15) is 6.35 Å². The van der Waals surface area contributed by atoms with Gasteiger partial charge in [-0.3, -0.25) is 4.90 Å². The third kappa shape index (κ3) is 11.3. The summed E-state index contributed by atoms with van der Waals surface area (Å²) in [5.41, 5.74) is 5.75. The summed E-state index contributed by atoms with van der Waals surface area (Å²) >= 11 is 14.9. The fourth-order valence-electron chi connectivity index (χ4n) is 8.89. The molecule has 11 rings (SSSR count). The van der Waals surface area contributed by atoms with E-state index in [4.69, 9.17) is 67.7 Å². The molecule has 7 heterocycles. The van der Waals surface area contributed by atoms with E-state index in [1.807, 2.05) is 38.1 Å². The Hall–Kier alpha value is -5.32. The van der Waals surface area contributed by atoms with Crippen molar-refractivity contribution in [1.82, 2.24) is 19.8 Å². The molecule has 4 aromatic carbocycles. The lowest BCUT2D eigenvalue weighted by atomic mass is 9.90. The highest BCUT2D eigenvalue weighted by molar-refractivity contribution is 14.1. The zero-order valence-electron chi connectivity index (χ0n) is 39.5. The first-order chi connectivity index (χ1) is 34.9. The number of carboxylic acids is 1. The molecule has 0 amide bonds. The Labute approximate surface area is 440 Å². The van der Waals surface area contributed by atoms with Crippen LogP contribution in [0, 0.1) is 19.7 Å². The summed E-state index contributed by atoms with van der Waals surface area (Å²) in [6.45, 7) is 9.91. The molecule has 2 saturated heterocycles. The molecule has 0 spiro atoms. The van der Waals surface area contributed by atoms with Crippen LogP contribution in [-0.2, 0) is 32.0 Å². The van der Waals surface area contributed by atoms with E-state index < -0.39 is 39.5 Å². The number of thiophene rings is 1. The molecule has 3 atom stereocenters. The number of hydrogen-bond donors (Lipinski definition) is 1. The van der Waals surface area contributed by atoms with Crippen LogP contribution < -0.4 is 18.9 Å². The maximum absolute atomic E-state index is 14.4. The number of fused-ring (bicyclic) bond motifs is 7. The zero-order chi connectivity index (χ0) is 49.9. The Morgan fingerprint density at radius 3 is 2.39 bits per heavy atom. The number of aromatic nitrogens is 2. The number of ether oxygens (including phenoxy) is 7. The molecule has 15 nitrogen and oxygen atoms in total. The van der Waals surface area contributed by atoms with Gasteiger partial charge in [0.15, 0.2) is 11.6 Å². The summed E-state index contributed by atoms with van der Waals surface area (Å²) in [5, 5.41) is 12.2. The molecule has 5 aliphatic rings. The molecule has 1 N–H and O–H groups in total. The molecule has 376 valence electrons. The van der Waals surface area contributed by atoms with Gasteiger partial charge in [-0.05, 0) is 104 Å². The molecule has 72 heavy (non-hydrogen) atoms. The predicted molar refractivity (Wildman–Crippen MR) is 282 cm³/mol. The summed E-state index contributed by atoms with van der Waals surface area (Å²) in [5.74, 6) is 0.875. The average Bonchev–Trinajstić information content (AvgIpc) is 3.78. The van der Waals surface area contributed by atoms with Crippen LogP contribution >= 0.6 is 55.8 Å². The van der Waals surface area contributed by atoms with E-state index in [0.29, 0.717) is 121 Å². The van der Waals surface area contributed by atoms with Gasteiger partial charge in [-0.15, -0.1) is 11.3 Å². The van der Waals surface area contributed by atoms with Gasteiger partial charge < -0.3 is 43.2 Å². The monoisotopic (exact) mass is 1150 g/mol. The van der Waals surface area contributed by atoms with E-state index in [1.165, 1.54) is 23.5 Å². The first-order valence-corrected chi connectivity index (χ1v) is 26.9. The number of likely N-dealkylation sites (N-methyl/N-ethyl adjacent to an activating group) is 1. The first-order valence-electron chi connectivity index (χ1n) is 23.4. The quantitative estimate of drug-likeness (QED) is 0.122. The minimum Gasteiger partial charge on any atom is -0.491 e. The van der Waals surface area contributed by atoms with Crippen LogP contribution in [0.4, 0.5) is 9.39 Å². The summed E-state index contributed by atoms with van der Waals surface area (Å²) in [4.78, 5) is 28.1. The fraction of sp³-hybridized carbons (Fsp3) is 0.346. The van der Waals surface area contributed by atoms with Crippen LogP contribution in [0.2, 0.25) is 10.0 Å². The van der Waals surface area contributed by atoms with Crippen molar-refractivity contribution in [2.75, 3.05) is 72.8 Å². The van der Waals surface area contributed by atoms with Crippen LogP contribution in [0.1, 0.15) is 27.9 Å². The summed E-state index contributed by atoms with van der Waals surface area (Å²) < 4.78 is 67.6. The standard InChI is InChI=1S/C52H50Cl2FIN6O9S/c1-29-42-30(2)46(54)47(45(29)53)70-38(24-62-18-16-61(3)17-19-62)27-68-37-12-13-40(69-25-35-14-15-57-49(58-35)32-6-10-36(11-7-32)67-28-39-26-65-20-21-66-39)33(22-37)23-41(52(63)64)71-50-44-43(42)48(72-51(44)60-56-59-50)31-4-8-34(55)9-5-31/h4-15,22,38-39,41H,16-21,23-28H2,1-3H3,(H,63,64)/t38-,39-,41-/m1/s1. The lowest BCUT2D eigenvalue weighted by molar-refractivity contribution is -0.145. The van der Waals surface area contributed by atoms with Crippen molar-refractivity contribution in [2.24, 2.45) is 6.35 Å². The Morgan fingerprint density at radius 2 is 1.65 bits per heavy atom. The third-order valence-corrected chi connectivity index (χ3v) is 16.5. The number of halogens is 4. The van der Waals surface area contributed by atoms with E-state index in [1.54, 1.807) is 42.6 Å². The smallest absolute Gasteiger partial charge is 0.345 e. The maximum atomic E-state index is 14.4. The van der Waals surface area contributed by atoms with Crippen LogP contribution in [-0.4, -0.2) is 128 Å². The summed E-state index contributed by atoms with van der Waals surface area (Å²) in [7, 11) is 2.10. The number of carboxylic acid groups (broad SMARTS) is 1. The first kappa shape index (κ1) is 50.2. The Morgan fingerprint density at radius 1 is 0.889 bits per heavy atom. The number of piperazine rings is 1. The molecule has 0 unspecified atom stereocenters. The van der Waals surface area contributed by atoms with Crippen molar-refractivity contribution >= 4 is 72.7 Å². The SMILES string of the molecule is Cc1c(Cl)c2c(Cl)c(C)c1-c1c(-c3ccc(F)cc3)sc3c1C(=NI=N3)O[C@@H](C(=O)O)Cc1cc(ccc1OCc1ccnc(-c3ccc(OC[C@H]4COCCO4)cc3)n1)OC[C@@H](CN1CCN(C)CC1)O2. The Bertz CT molecular complexity index is 2990. The second-order valence-corrected chi connectivity index (χ2v) is 20.9. The van der Waals surface area contributed by atoms with Crippen molar-refractivity contribution in [3.63, 3.8) is 0 Å². The number of aliphatic carboxylic acids is 1. The molecule has 5 aliphatic heterocycles. The highest BCUT2D eigenvalue weighted by Crippen LogP contribution is 2.55. The maximum Gasteiger partial charge on any atom is 0.345 e. The van der Waals surface area contributed by atoms with Crippen LogP contribution in [0.5, 0.6) is 23.0 Å². The highest BCUT2D eigenvalue weighted by atomic mass is 127. The average molecular weight is 1150 g/mol. The predicted octanol–water partition coefficient (Wildman–Crippen LogP) is 10.5. The van der Waals surface area contributed by atoms with Crippen molar-refractivity contribution in [1.29, 1.82) is 0 Å². The molecule has 6 aromatic rings. The summed E-state index contributed by atoms with van der Waals surface area (Å²) in [6.07, 6.45) is -0.567. The minimum absolute atomic E-state index is 0.0385. The molecule has 0 aliphatic carbocycles. The van der Waals surface area contributed by atoms with Crippen LogP contribution in [0.15, 0.2) is 85.3 Å². The van der Waals surface area contributed by atoms with E-state index >= 15 is 0 Å². The third-order valence-electron chi connectivity index (χ3n) is 12.8. The largest absolute Gasteiger partial charge is 0.491 e. The second-order valence-electron chi connectivity index (χ2n) is 17.8. The van der Waals surface area contributed by atoms with Gasteiger partial charge in [0.2, 0.25) is 12.0 Å². The number of carbonyl (C=O) groups is 1. The van der Waals surface area contributed by atoms with Crippen molar-refractivity contribution in [2.45, 2.75) is 45.2 Å². The van der Waals surface area contributed by atoms with Crippen molar-refractivity contribution < 1.29 is 47.4 Å². The highest BCUT2D eigenvalue weighted by Gasteiger charge is 2.35. The van der Waals surface area contributed by atoms with Crippen LogP contribution in [0.3, 0.4) is 0 Å². The van der Waals surface area contributed by atoms with Gasteiger partial charge >= 0.3 is 5.97 Å². The lowest BCUT2D eigenvalue weighted by Gasteiger charge is -2.35. The molecule has 0 saturated carbocycles. The normalized spacial score (nSPS) is 19.4. The van der Waals surface area contributed by atoms with Crippen molar-refractivity contribution in [3.05, 3.63) is 123 Å². The molecular weight excluding hydrogens is 1100 g/mol. The molecule has 2 aromatic heterocycles. The lowest BCUT2D eigenvalue weighted by Crippen LogP contribution is -2.49. The topological polar surface area (TPSA) is 159 Å². The number of rotatable bonds is 11. The Balaban J connectivity index is 0.997. The molecule has 0 radical (unpaired) electrons. The second kappa shape index (κ2) is 22.4. The fourth-order valence-corrected chi connectivity index (χ4v) is 12.1. The van der Waals surface area contributed by atoms with Gasteiger partial charge in [0.1, 0.15) is 81.4 Å². The van der Waals surface area contributed by atoms with Gasteiger partial charge in [0.25, 0.3) is 0 Å². The van der Waals surface area contributed by atoms with Crippen LogP contribution in [0.25, 0.3) is 33.0 Å². The number of hydrogen-bond acceptors (Lipinski definition) is 15. The van der Waals surface area contributed by atoms with Gasteiger partial charge in [0.05, 0.1) is 41.1 Å². The van der Waals surface area contributed by atoms with E-state index in [9.17, 15) is 14.3 Å². The van der Waals surface area contributed by atoms with Crippen molar-refractivity contribution in [3.8, 4) is 56.0 Å².